The minimum Gasteiger partial charge on any atom is -0.302 e. The Morgan fingerprint density at radius 1 is 1.29 bits per heavy atom. The van der Waals surface area contributed by atoms with E-state index in [9.17, 15) is 0 Å². The zero-order valence-corrected chi connectivity index (χ0v) is 13.9. The molecule has 1 aliphatic heterocycles. The lowest BCUT2D eigenvalue weighted by molar-refractivity contribution is 0.0284. The van der Waals surface area contributed by atoms with Gasteiger partial charge < -0.3 is 4.90 Å². The number of likely N-dealkylation sites (tertiary alicyclic amines) is 1. The van der Waals surface area contributed by atoms with E-state index in [1.807, 2.05) is 0 Å². The lowest BCUT2D eigenvalue weighted by atomic mass is 9.62. The fourth-order valence-corrected chi connectivity index (χ4v) is 6.03. The number of nitrogens with zero attached hydrogens (tertiary/aromatic N) is 1. The summed E-state index contributed by atoms with van der Waals surface area (Å²) in [5, 5.41) is 0. The van der Waals surface area contributed by atoms with E-state index in [2.05, 4.69) is 44.0 Å². The molecule has 2 aliphatic carbocycles. The largest absolute Gasteiger partial charge is 0.302 e. The zero-order chi connectivity index (χ0) is 14.6. The van der Waals surface area contributed by atoms with Crippen molar-refractivity contribution >= 4 is 0 Å². The molecule has 4 unspecified atom stereocenters. The van der Waals surface area contributed by atoms with Crippen LogP contribution in [0.5, 0.6) is 0 Å². The first kappa shape index (κ1) is 13.8. The van der Waals surface area contributed by atoms with Gasteiger partial charge in [0, 0.05) is 18.0 Å². The number of fused-ring (bicyclic) bond motifs is 3. The first-order valence-electron chi connectivity index (χ1n) is 8.96. The van der Waals surface area contributed by atoms with Crippen LogP contribution in [0.4, 0.5) is 0 Å². The van der Waals surface area contributed by atoms with Crippen molar-refractivity contribution in [2.75, 3.05) is 13.6 Å². The summed E-state index contributed by atoms with van der Waals surface area (Å²) in [6.07, 6.45) is 8.45. The summed E-state index contributed by atoms with van der Waals surface area (Å²) in [6, 6.07) is 8.15. The highest BCUT2D eigenvalue weighted by atomic mass is 15.2. The molecule has 21 heavy (non-hydrogen) atoms. The SMILES string of the molecule is CCc1ccc(C)cc1C12CCCCC1C1C(CN1C)C2. The smallest absolute Gasteiger partial charge is 0.0170 e. The fraction of sp³-hybridized carbons (Fsp3) is 0.700. The molecular weight excluding hydrogens is 254 g/mol. The summed E-state index contributed by atoms with van der Waals surface area (Å²) in [6.45, 7) is 5.95. The van der Waals surface area contributed by atoms with Gasteiger partial charge in [0.1, 0.15) is 0 Å². The quantitative estimate of drug-likeness (QED) is 0.781. The van der Waals surface area contributed by atoms with Gasteiger partial charge in [-0.25, -0.2) is 0 Å². The van der Waals surface area contributed by atoms with Gasteiger partial charge in [-0.3, -0.25) is 0 Å². The molecule has 114 valence electrons. The molecule has 2 saturated carbocycles. The molecule has 0 bridgehead atoms. The first-order valence-corrected chi connectivity index (χ1v) is 8.96. The molecule has 1 heterocycles. The molecule has 3 aliphatic rings. The zero-order valence-electron chi connectivity index (χ0n) is 13.9. The fourth-order valence-electron chi connectivity index (χ4n) is 6.03. The van der Waals surface area contributed by atoms with Gasteiger partial charge in [-0.15, -0.1) is 0 Å². The second kappa shape index (κ2) is 4.84. The third kappa shape index (κ3) is 1.86. The van der Waals surface area contributed by atoms with Crippen molar-refractivity contribution in [2.45, 2.75) is 63.8 Å². The van der Waals surface area contributed by atoms with Crippen LogP contribution in [0.1, 0.15) is 55.7 Å². The van der Waals surface area contributed by atoms with E-state index in [1.165, 1.54) is 50.6 Å². The predicted octanol–water partition coefficient (Wildman–Crippen LogP) is 4.32. The Kier molecular flexibility index (Phi) is 3.19. The highest BCUT2D eigenvalue weighted by Crippen LogP contribution is 2.60. The maximum Gasteiger partial charge on any atom is 0.0170 e. The van der Waals surface area contributed by atoms with Crippen LogP contribution in [-0.4, -0.2) is 24.5 Å². The molecule has 1 nitrogen and oxygen atoms in total. The molecule has 0 radical (unpaired) electrons. The first-order chi connectivity index (χ1) is 10.2. The minimum absolute atomic E-state index is 0.510. The van der Waals surface area contributed by atoms with E-state index >= 15 is 0 Å². The maximum absolute atomic E-state index is 2.64. The number of rotatable bonds is 2. The third-order valence-electron chi connectivity index (χ3n) is 6.83. The van der Waals surface area contributed by atoms with Crippen LogP contribution in [0.15, 0.2) is 18.2 Å². The Hall–Kier alpha value is -0.820. The predicted molar refractivity (Wildman–Crippen MR) is 88.7 cm³/mol. The van der Waals surface area contributed by atoms with Crippen LogP contribution < -0.4 is 0 Å². The van der Waals surface area contributed by atoms with Gasteiger partial charge in [-0.05, 0) is 62.6 Å². The second-order valence-corrected chi connectivity index (χ2v) is 7.92. The lowest BCUT2D eigenvalue weighted by Gasteiger charge is -2.48. The molecule has 4 atom stereocenters. The van der Waals surface area contributed by atoms with Crippen molar-refractivity contribution in [1.29, 1.82) is 0 Å². The molecule has 0 amide bonds. The van der Waals surface area contributed by atoms with Crippen molar-refractivity contribution in [3.63, 3.8) is 0 Å². The van der Waals surface area contributed by atoms with E-state index in [1.54, 1.807) is 11.1 Å². The van der Waals surface area contributed by atoms with Crippen LogP contribution in [-0.2, 0) is 11.8 Å². The molecular formula is C20H29N. The van der Waals surface area contributed by atoms with E-state index in [-0.39, 0.29) is 0 Å². The van der Waals surface area contributed by atoms with Crippen LogP contribution >= 0.6 is 0 Å². The van der Waals surface area contributed by atoms with Crippen molar-refractivity contribution in [1.82, 2.24) is 4.90 Å². The van der Waals surface area contributed by atoms with Gasteiger partial charge in [-0.1, -0.05) is 43.5 Å². The Morgan fingerprint density at radius 3 is 2.90 bits per heavy atom. The summed E-state index contributed by atoms with van der Waals surface area (Å²) < 4.78 is 0. The summed E-state index contributed by atoms with van der Waals surface area (Å²) >= 11 is 0. The summed E-state index contributed by atoms with van der Waals surface area (Å²) in [4.78, 5) is 2.64. The summed E-state index contributed by atoms with van der Waals surface area (Å²) in [7, 11) is 2.35. The molecule has 1 aromatic carbocycles. The standard InChI is InChI=1S/C20H29N/c1-4-15-9-8-14(2)11-18(15)20-10-6-5-7-17(20)19-16(12-20)13-21(19)3/h8-9,11,16-17,19H,4-7,10,12-13H2,1-3H3. The Labute approximate surface area is 129 Å². The van der Waals surface area contributed by atoms with Crippen LogP contribution in [0.2, 0.25) is 0 Å². The van der Waals surface area contributed by atoms with Crippen LogP contribution in [0.25, 0.3) is 0 Å². The number of benzene rings is 1. The van der Waals surface area contributed by atoms with Gasteiger partial charge in [0.05, 0.1) is 0 Å². The number of hydrogen-bond acceptors (Lipinski definition) is 1. The number of aryl methyl sites for hydroxylation is 2. The van der Waals surface area contributed by atoms with Crippen molar-refractivity contribution in [3.05, 3.63) is 34.9 Å². The average molecular weight is 283 g/mol. The molecule has 0 spiro atoms. The highest BCUT2D eigenvalue weighted by molar-refractivity contribution is 5.41. The maximum atomic E-state index is 2.64. The van der Waals surface area contributed by atoms with E-state index in [0.717, 1.165) is 17.9 Å². The molecule has 1 saturated heterocycles. The Balaban J connectivity index is 1.82. The monoisotopic (exact) mass is 283 g/mol. The van der Waals surface area contributed by atoms with E-state index in [0.29, 0.717) is 5.41 Å². The topological polar surface area (TPSA) is 3.24 Å². The molecule has 0 aromatic heterocycles. The second-order valence-electron chi connectivity index (χ2n) is 7.92. The Morgan fingerprint density at radius 2 is 2.14 bits per heavy atom. The van der Waals surface area contributed by atoms with Gasteiger partial charge in [0.2, 0.25) is 0 Å². The van der Waals surface area contributed by atoms with E-state index < -0.39 is 0 Å². The van der Waals surface area contributed by atoms with Crippen molar-refractivity contribution < 1.29 is 0 Å². The number of hydrogen-bond donors (Lipinski definition) is 0. The third-order valence-corrected chi connectivity index (χ3v) is 6.83. The van der Waals surface area contributed by atoms with Gasteiger partial charge in [0.25, 0.3) is 0 Å². The molecule has 1 heteroatoms. The van der Waals surface area contributed by atoms with Gasteiger partial charge in [0.15, 0.2) is 0 Å². The van der Waals surface area contributed by atoms with Crippen LogP contribution in [0, 0.1) is 18.8 Å². The summed E-state index contributed by atoms with van der Waals surface area (Å²) in [5.74, 6) is 1.89. The molecule has 4 rings (SSSR count). The summed E-state index contributed by atoms with van der Waals surface area (Å²) in [5.41, 5.74) is 5.32. The average Bonchev–Trinajstić information content (AvgIpc) is 2.76. The van der Waals surface area contributed by atoms with Crippen LogP contribution in [0.3, 0.4) is 0 Å². The van der Waals surface area contributed by atoms with Gasteiger partial charge >= 0.3 is 0 Å². The van der Waals surface area contributed by atoms with Crippen molar-refractivity contribution in [2.24, 2.45) is 11.8 Å². The highest BCUT2D eigenvalue weighted by Gasteiger charge is 2.60. The minimum atomic E-state index is 0.510. The molecule has 0 N–H and O–H groups in total. The van der Waals surface area contributed by atoms with E-state index in [4.69, 9.17) is 0 Å². The normalized spacial score (nSPS) is 38.7. The van der Waals surface area contributed by atoms with Crippen molar-refractivity contribution in [3.8, 4) is 0 Å². The van der Waals surface area contributed by atoms with Gasteiger partial charge in [-0.2, -0.15) is 0 Å². The molecule has 1 aromatic rings. The Bertz CT molecular complexity index is 549. The molecule has 3 fully saturated rings. The lowest BCUT2D eigenvalue weighted by Crippen LogP contribution is -2.54.